The molecule has 1 N–H and O–H groups in total. The van der Waals surface area contributed by atoms with E-state index in [0.29, 0.717) is 10.6 Å². The van der Waals surface area contributed by atoms with Crippen LogP contribution < -0.4 is 5.32 Å². The SMILES string of the molecule is O=C(COC(=O)/C(=C/c1cccs1)c1cccs1)Nc1ncc(Cl)cc1Cl. The van der Waals surface area contributed by atoms with Crippen molar-refractivity contribution in [2.45, 2.75) is 0 Å². The summed E-state index contributed by atoms with van der Waals surface area (Å²) < 4.78 is 5.17. The Balaban J connectivity index is 1.66. The first-order valence-electron chi connectivity index (χ1n) is 7.60. The van der Waals surface area contributed by atoms with E-state index in [1.807, 2.05) is 35.0 Å². The fraction of sp³-hybridized carbons (Fsp3) is 0.0556. The minimum Gasteiger partial charge on any atom is -0.452 e. The number of amides is 1. The van der Waals surface area contributed by atoms with E-state index in [0.717, 1.165) is 9.75 Å². The predicted molar refractivity (Wildman–Crippen MR) is 110 cm³/mol. The number of halogens is 2. The first-order chi connectivity index (χ1) is 13.0. The molecule has 0 radical (unpaired) electrons. The van der Waals surface area contributed by atoms with Gasteiger partial charge in [-0.1, -0.05) is 35.3 Å². The Hall–Kier alpha value is -2.19. The number of anilines is 1. The molecule has 5 nitrogen and oxygen atoms in total. The number of esters is 1. The van der Waals surface area contributed by atoms with Crippen molar-refractivity contribution in [3.8, 4) is 0 Å². The number of rotatable bonds is 6. The summed E-state index contributed by atoms with van der Waals surface area (Å²) in [4.78, 5) is 30.2. The van der Waals surface area contributed by atoms with Gasteiger partial charge in [-0.2, -0.15) is 0 Å². The summed E-state index contributed by atoms with van der Waals surface area (Å²) in [7, 11) is 0. The van der Waals surface area contributed by atoms with Gasteiger partial charge in [0.15, 0.2) is 12.4 Å². The molecule has 0 saturated heterocycles. The van der Waals surface area contributed by atoms with Crippen LogP contribution >= 0.6 is 45.9 Å². The van der Waals surface area contributed by atoms with Crippen LogP contribution in [0.2, 0.25) is 10.0 Å². The molecule has 0 aromatic carbocycles. The fourth-order valence-corrected chi connectivity index (χ4v) is 3.88. The minimum absolute atomic E-state index is 0.148. The highest BCUT2D eigenvalue weighted by Gasteiger charge is 2.17. The Morgan fingerprint density at radius 1 is 1.19 bits per heavy atom. The van der Waals surface area contributed by atoms with Crippen LogP contribution in [0.25, 0.3) is 11.6 Å². The number of carbonyl (C=O) groups excluding carboxylic acids is 2. The van der Waals surface area contributed by atoms with Crippen LogP contribution in [0.4, 0.5) is 5.82 Å². The molecule has 3 aromatic rings. The van der Waals surface area contributed by atoms with Crippen LogP contribution in [-0.4, -0.2) is 23.5 Å². The smallest absolute Gasteiger partial charge is 0.340 e. The largest absolute Gasteiger partial charge is 0.452 e. The number of hydrogen-bond acceptors (Lipinski definition) is 6. The van der Waals surface area contributed by atoms with E-state index >= 15 is 0 Å². The Labute approximate surface area is 173 Å². The van der Waals surface area contributed by atoms with Gasteiger partial charge in [0.2, 0.25) is 0 Å². The quantitative estimate of drug-likeness (QED) is 0.422. The zero-order valence-electron chi connectivity index (χ0n) is 13.6. The molecule has 0 unspecified atom stereocenters. The number of aromatic nitrogens is 1. The van der Waals surface area contributed by atoms with Crippen LogP contribution in [0.3, 0.4) is 0 Å². The number of nitrogens with one attached hydrogen (secondary N) is 1. The lowest BCUT2D eigenvalue weighted by atomic mass is 10.2. The van der Waals surface area contributed by atoms with Crippen molar-refractivity contribution >= 4 is 75.2 Å². The van der Waals surface area contributed by atoms with E-state index in [4.69, 9.17) is 27.9 Å². The number of hydrogen-bond donors (Lipinski definition) is 1. The van der Waals surface area contributed by atoms with Gasteiger partial charge >= 0.3 is 5.97 Å². The van der Waals surface area contributed by atoms with E-state index in [1.165, 1.54) is 34.9 Å². The van der Waals surface area contributed by atoms with Crippen LogP contribution in [0.5, 0.6) is 0 Å². The van der Waals surface area contributed by atoms with Gasteiger partial charge in [-0.25, -0.2) is 9.78 Å². The number of thiophene rings is 2. The first kappa shape index (κ1) is 19.6. The van der Waals surface area contributed by atoms with Crippen LogP contribution in [0.15, 0.2) is 47.3 Å². The molecular formula is C18H12Cl2N2O3S2. The normalized spacial score (nSPS) is 11.3. The lowest BCUT2D eigenvalue weighted by molar-refractivity contribution is -0.141. The Kier molecular flexibility index (Phi) is 6.63. The van der Waals surface area contributed by atoms with Gasteiger partial charge in [-0.15, -0.1) is 22.7 Å². The maximum atomic E-state index is 12.5. The lowest BCUT2D eigenvalue weighted by Gasteiger charge is -2.09. The Morgan fingerprint density at radius 3 is 2.63 bits per heavy atom. The summed E-state index contributed by atoms with van der Waals surface area (Å²) >= 11 is 14.6. The predicted octanol–water partition coefficient (Wildman–Crippen LogP) is 5.23. The number of nitrogens with zero attached hydrogens (tertiary/aromatic N) is 1. The highest BCUT2D eigenvalue weighted by molar-refractivity contribution is 7.12. The van der Waals surface area contributed by atoms with Gasteiger partial charge in [0.1, 0.15) is 0 Å². The number of carbonyl (C=O) groups is 2. The van der Waals surface area contributed by atoms with Crippen molar-refractivity contribution in [3.05, 3.63) is 67.1 Å². The molecule has 0 saturated carbocycles. The summed E-state index contributed by atoms with van der Waals surface area (Å²) in [6.45, 7) is -0.466. The Morgan fingerprint density at radius 2 is 1.96 bits per heavy atom. The molecule has 0 spiro atoms. The second-order valence-electron chi connectivity index (χ2n) is 5.16. The summed E-state index contributed by atoms with van der Waals surface area (Å²) in [6.07, 6.45) is 3.10. The second-order valence-corrected chi connectivity index (χ2v) is 7.93. The van der Waals surface area contributed by atoms with Crippen molar-refractivity contribution in [2.75, 3.05) is 11.9 Å². The van der Waals surface area contributed by atoms with E-state index < -0.39 is 18.5 Å². The van der Waals surface area contributed by atoms with Gasteiger partial charge in [-0.3, -0.25) is 4.79 Å². The zero-order valence-corrected chi connectivity index (χ0v) is 16.8. The topological polar surface area (TPSA) is 68.3 Å². The van der Waals surface area contributed by atoms with Crippen molar-refractivity contribution in [2.24, 2.45) is 0 Å². The highest BCUT2D eigenvalue weighted by Crippen LogP contribution is 2.26. The summed E-state index contributed by atoms with van der Waals surface area (Å²) in [5, 5.41) is 6.81. The summed E-state index contributed by atoms with van der Waals surface area (Å²) in [5.41, 5.74) is 0.392. The molecule has 138 valence electrons. The lowest BCUT2D eigenvalue weighted by Crippen LogP contribution is -2.22. The molecule has 0 aliphatic rings. The molecule has 9 heteroatoms. The van der Waals surface area contributed by atoms with Gasteiger partial charge in [-0.05, 0) is 35.0 Å². The average Bonchev–Trinajstić information content (AvgIpc) is 3.33. The molecule has 0 bridgehead atoms. The van der Waals surface area contributed by atoms with Gasteiger partial charge < -0.3 is 10.1 Å². The highest BCUT2D eigenvalue weighted by atomic mass is 35.5. The monoisotopic (exact) mass is 438 g/mol. The summed E-state index contributed by atoms with van der Waals surface area (Å²) in [5.74, 6) is -0.993. The molecule has 0 atom stereocenters. The third-order valence-electron chi connectivity index (χ3n) is 3.24. The number of ether oxygens (including phenoxy) is 1. The summed E-state index contributed by atoms with van der Waals surface area (Å²) in [6, 6.07) is 8.91. The van der Waals surface area contributed by atoms with Crippen molar-refractivity contribution in [1.82, 2.24) is 4.98 Å². The van der Waals surface area contributed by atoms with E-state index in [9.17, 15) is 9.59 Å². The first-order valence-corrected chi connectivity index (χ1v) is 10.1. The van der Waals surface area contributed by atoms with Gasteiger partial charge in [0.05, 0.1) is 15.6 Å². The third-order valence-corrected chi connectivity index (χ3v) is 5.45. The molecule has 3 aromatic heterocycles. The fourth-order valence-electron chi connectivity index (χ4n) is 2.06. The van der Waals surface area contributed by atoms with Crippen LogP contribution in [-0.2, 0) is 14.3 Å². The molecule has 27 heavy (non-hydrogen) atoms. The van der Waals surface area contributed by atoms with Gasteiger partial charge in [0.25, 0.3) is 5.91 Å². The molecule has 3 rings (SSSR count). The molecule has 0 aliphatic heterocycles. The minimum atomic E-state index is -0.587. The van der Waals surface area contributed by atoms with Crippen molar-refractivity contribution < 1.29 is 14.3 Å². The second kappa shape index (κ2) is 9.14. The van der Waals surface area contributed by atoms with E-state index in [-0.39, 0.29) is 10.8 Å². The van der Waals surface area contributed by atoms with Gasteiger partial charge in [0, 0.05) is 16.0 Å². The molecule has 1 amide bonds. The van der Waals surface area contributed by atoms with Crippen LogP contribution in [0, 0.1) is 0 Å². The maximum absolute atomic E-state index is 12.5. The van der Waals surface area contributed by atoms with Crippen molar-refractivity contribution in [1.29, 1.82) is 0 Å². The van der Waals surface area contributed by atoms with E-state index in [1.54, 1.807) is 6.08 Å². The van der Waals surface area contributed by atoms with E-state index in [2.05, 4.69) is 10.3 Å². The Bertz CT molecular complexity index is 971. The molecule has 3 heterocycles. The average molecular weight is 439 g/mol. The molecule has 0 fully saturated rings. The zero-order chi connectivity index (χ0) is 19.2. The number of pyridine rings is 1. The third kappa shape index (κ3) is 5.40. The van der Waals surface area contributed by atoms with Crippen LogP contribution in [0.1, 0.15) is 9.75 Å². The molecule has 0 aliphatic carbocycles. The molecular weight excluding hydrogens is 427 g/mol. The standard InChI is InChI=1S/C18H12Cl2N2O3S2/c19-11-7-14(20)17(21-9-11)22-16(23)10-25-18(24)13(15-4-2-6-27-15)8-12-3-1-5-26-12/h1-9H,10H2,(H,21,22,23)/b13-8+. The maximum Gasteiger partial charge on any atom is 0.340 e. The van der Waals surface area contributed by atoms with Crippen molar-refractivity contribution in [3.63, 3.8) is 0 Å².